The number of carbonyl (C=O) groups is 1. The van der Waals surface area contributed by atoms with E-state index in [-0.39, 0.29) is 5.56 Å². The fourth-order valence-corrected chi connectivity index (χ4v) is 1.77. The summed E-state index contributed by atoms with van der Waals surface area (Å²) in [4.78, 5) is 11.7. The average molecular weight is 291 g/mol. The Bertz CT molecular complexity index is 582. The van der Waals surface area contributed by atoms with E-state index in [4.69, 9.17) is 4.74 Å². The molecular weight excluding hydrogens is 276 g/mol. The van der Waals surface area contributed by atoms with Gasteiger partial charge in [0.1, 0.15) is 17.4 Å². The molecule has 0 unspecified atom stereocenters. The van der Waals surface area contributed by atoms with Gasteiger partial charge in [-0.1, -0.05) is 18.2 Å². The number of hydrogen-bond donors (Lipinski definition) is 1. The predicted molar refractivity (Wildman–Crippen MR) is 75.2 cm³/mol. The molecule has 0 saturated carbocycles. The van der Waals surface area contributed by atoms with Crippen LogP contribution < -0.4 is 10.1 Å². The lowest BCUT2D eigenvalue weighted by Crippen LogP contribution is -2.25. The van der Waals surface area contributed by atoms with Gasteiger partial charge in [-0.2, -0.15) is 0 Å². The molecule has 0 aliphatic heterocycles. The van der Waals surface area contributed by atoms with Crippen LogP contribution in [0.3, 0.4) is 0 Å². The maximum absolute atomic E-state index is 13.0. The van der Waals surface area contributed by atoms with Crippen LogP contribution >= 0.6 is 0 Å². The number of nitrogens with one attached hydrogen (secondary N) is 1. The van der Waals surface area contributed by atoms with Crippen LogP contribution in [0.5, 0.6) is 5.75 Å². The first-order valence-corrected chi connectivity index (χ1v) is 6.57. The minimum absolute atomic E-state index is 0.0310. The normalized spacial score (nSPS) is 10.2. The molecule has 0 fully saturated rings. The lowest BCUT2D eigenvalue weighted by Gasteiger charge is -2.07. The maximum Gasteiger partial charge on any atom is 0.251 e. The van der Waals surface area contributed by atoms with Crippen LogP contribution in [0, 0.1) is 11.6 Å². The zero-order chi connectivity index (χ0) is 15.1. The number of amides is 1. The highest BCUT2D eigenvalue weighted by atomic mass is 19.1. The molecule has 0 aliphatic carbocycles. The van der Waals surface area contributed by atoms with Crippen molar-refractivity contribution in [3.8, 4) is 5.75 Å². The Labute approximate surface area is 121 Å². The Morgan fingerprint density at radius 1 is 1.05 bits per heavy atom. The molecule has 0 aliphatic rings. The van der Waals surface area contributed by atoms with Crippen molar-refractivity contribution in [3.63, 3.8) is 0 Å². The number of hydrogen-bond acceptors (Lipinski definition) is 2. The zero-order valence-corrected chi connectivity index (χ0v) is 11.3. The van der Waals surface area contributed by atoms with Crippen molar-refractivity contribution >= 4 is 5.91 Å². The minimum Gasteiger partial charge on any atom is -0.494 e. The summed E-state index contributed by atoms with van der Waals surface area (Å²) in [5.74, 6) is -1.29. The SMILES string of the molecule is O=C(NCCCOc1ccccc1)c1cc(F)cc(F)c1. The van der Waals surface area contributed by atoms with Crippen molar-refractivity contribution in [2.24, 2.45) is 0 Å². The molecule has 0 radical (unpaired) electrons. The third kappa shape index (κ3) is 4.87. The van der Waals surface area contributed by atoms with Crippen molar-refractivity contribution < 1.29 is 18.3 Å². The van der Waals surface area contributed by atoms with E-state index in [9.17, 15) is 13.6 Å². The maximum atomic E-state index is 13.0. The summed E-state index contributed by atoms with van der Waals surface area (Å²) in [7, 11) is 0. The largest absolute Gasteiger partial charge is 0.494 e. The summed E-state index contributed by atoms with van der Waals surface area (Å²) in [5, 5.41) is 2.59. The molecule has 2 aromatic rings. The Hall–Kier alpha value is -2.43. The van der Waals surface area contributed by atoms with Crippen LogP contribution in [0.25, 0.3) is 0 Å². The van der Waals surface area contributed by atoms with E-state index in [2.05, 4.69) is 5.32 Å². The second-order valence-corrected chi connectivity index (χ2v) is 4.43. The van der Waals surface area contributed by atoms with E-state index in [0.29, 0.717) is 19.6 Å². The lowest BCUT2D eigenvalue weighted by molar-refractivity contribution is 0.0950. The number of para-hydroxylation sites is 1. The Kier molecular flexibility index (Phi) is 5.26. The average Bonchev–Trinajstić information content (AvgIpc) is 2.47. The standard InChI is InChI=1S/C16H15F2NO2/c17-13-9-12(10-14(18)11-13)16(20)19-7-4-8-21-15-5-2-1-3-6-15/h1-3,5-6,9-11H,4,7-8H2,(H,19,20). The van der Waals surface area contributed by atoms with Crippen LogP contribution in [-0.4, -0.2) is 19.1 Å². The molecule has 0 spiro atoms. The van der Waals surface area contributed by atoms with Crippen molar-refractivity contribution in [2.45, 2.75) is 6.42 Å². The van der Waals surface area contributed by atoms with E-state index in [1.165, 1.54) is 0 Å². The van der Waals surface area contributed by atoms with Crippen molar-refractivity contribution in [2.75, 3.05) is 13.2 Å². The first kappa shape index (κ1) is 15.0. The second-order valence-electron chi connectivity index (χ2n) is 4.43. The van der Waals surface area contributed by atoms with Crippen LogP contribution in [0.1, 0.15) is 16.8 Å². The van der Waals surface area contributed by atoms with Crippen LogP contribution in [-0.2, 0) is 0 Å². The Morgan fingerprint density at radius 2 is 1.71 bits per heavy atom. The zero-order valence-electron chi connectivity index (χ0n) is 11.3. The lowest BCUT2D eigenvalue weighted by atomic mass is 10.2. The molecule has 1 amide bonds. The molecule has 0 atom stereocenters. The van der Waals surface area contributed by atoms with Gasteiger partial charge in [0.25, 0.3) is 5.91 Å². The number of halogens is 2. The molecule has 0 saturated heterocycles. The number of ether oxygens (including phenoxy) is 1. The molecule has 21 heavy (non-hydrogen) atoms. The van der Waals surface area contributed by atoms with Gasteiger partial charge in [-0.15, -0.1) is 0 Å². The fourth-order valence-electron chi connectivity index (χ4n) is 1.77. The third-order valence-electron chi connectivity index (χ3n) is 2.74. The van der Waals surface area contributed by atoms with Crippen LogP contribution in [0.4, 0.5) is 8.78 Å². The van der Waals surface area contributed by atoms with Gasteiger partial charge in [-0.05, 0) is 30.7 Å². The first-order chi connectivity index (χ1) is 10.1. The molecule has 0 heterocycles. The second kappa shape index (κ2) is 7.38. The summed E-state index contributed by atoms with van der Waals surface area (Å²) in [6.07, 6.45) is 0.596. The van der Waals surface area contributed by atoms with Crippen LogP contribution in [0.2, 0.25) is 0 Å². The number of benzene rings is 2. The monoisotopic (exact) mass is 291 g/mol. The van der Waals surface area contributed by atoms with Gasteiger partial charge in [-0.25, -0.2) is 8.78 Å². The Morgan fingerprint density at radius 3 is 2.38 bits per heavy atom. The Balaban J connectivity index is 1.72. The van der Waals surface area contributed by atoms with Gasteiger partial charge in [0, 0.05) is 18.2 Å². The smallest absolute Gasteiger partial charge is 0.251 e. The molecule has 110 valence electrons. The summed E-state index contributed by atoms with van der Waals surface area (Å²) in [5.41, 5.74) is -0.0310. The molecule has 1 N–H and O–H groups in total. The summed E-state index contributed by atoms with van der Waals surface area (Å²) < 4.78 is 31.4. The molecule has 0 aromatic heterocycles. The summed E-state index contributed by atoms with van der Waals surface area (Å²) >= 11 is 0. The number of carbonyl (C=O) groups excluding carboxylic acids is 1. The van der Waals surface area contributed by atoms with Gasteiger partial charge >= 0.3 is 0 Å². The van der Waals surface area contributed by atoms with Gasteiger partial charge in [0.05, 0.1) is 6.61 Å². The molecule has 0 bridgehead atoms. The van der Waals surface area contributed by atoms with E-state index < -0.39 is 17.5 Å². The van der Waals surface area contributed by atoms with E-state index >= 15 is 0 Å². The highest BCUT2D eigenvalue weighted by Gasteiger charge is 2.08. The molecular formula is C16H15F2NO2. The molecule has 2 aromatic carbocycles. The first-order valence-electron chi connectivity index (χ1n) is 6.57. The molecule has 3 nitrogen and oxygen atoms in total. The molecule has 2 rings (SSSR count). The summed E-state index contributed by atoms with van der Waals surface area (Å²) in [6.45, 7) is 0.811. The van der Waals surface area contributed by atoms with E-state index in [1.54, 1.807) is 0 Å². The third-order valence-corrected chi connectivity index (χ3v) is 2.74. The highest BCUT2D eigenvalue weighted by molar-refractivity contribution is 5.94. The van der Waals surface area contributed by atoms with Crippen molar-refractivity contribution in [3.05, 3.63) is 65.7 Å². The highest BCUT2D eigenvalue weighted by Crippen LogP contribution is 2.09. The minimum atomic E-state index is -0.771. The van der Waals surface area contributed by atoms with Crippen molar-refractivity contribution in [1.82, 2.24) is 5.32 Å². The molecule has 5 heteroatoms. The number of rotatable bonds is 6. The van der Waals surface area contributed by atoms with Crippen LogP contribution in [0.15, 0.2) is 48.5 Å². The topological polar surface area (TPSA) is 38.3 Å². The quantitative estimate of drug-likeness (QED) is 0.830. The van der Waals surface area contributed by atoms with Gasteiger partial charge in [-0.3, -0.25) is 4.79 Å². The fraction of sp³-hybridized carbons (Fsp3) is 0.188. The summed E-state index contributed by atoms with van der Waals surface area (Å²) in [6, 6.07) is 12.0. The van der Waals surface area contributed by atoms with Crippen molar-refractivity contribution in [1.29, 1.82) is 0 Å². The van der Waals surface area contributed by atoms with Gasteiger partial charge in [0.15, 0.2) is 0 Å². The van der Waals surface area contributed by atoms with Gasteiger partial charge in [0.2, 0.25) is 0 Å². The van der Waals surface area contributed by atoms with E-state index in [0.717, 1.165) is 23.9 Å². The predicted octanol–water partition coefficient (Wildman–Crippen LogP) is 3.16. The van der Waals surface area contributed by atoms with E-state index in [1.807, 2.05) is 30.3 Å². The van der Waals surface area contributed by atoms with Gasteiger partial charge < -0.3 is 10.1 Å².